The highest BCUT2D eigenvalue weighted by molar-refractivity contribution is 14.1. The lowest BCUT2D eigenvalue weighted by Gasteiger charge is -2.15. The van der Waals surface area contributed by atoms with Gasteiger partial charge in [-0.2, -0.15) is 0 Å². The molecular formula is C26H20IN3O8. The number of nitro benzene ring substituents is 2. The first-order valence-corrected chi connectivity index (χ1v) is 12.3. The molecule has 0 aliphatic carbocycles. The van der Waals surface area contributed by atoms with Crippen LogP contribution < -0.4 is 9.47 Å². The van der Waals surface area contributed by atoms with Gasteiger partial charge in [-0.05, 0) is 90.0 Å². The molecule has 11 nitrogen and oxygen atoms in total. The first-order valence-electron chi connectivity index (χ1n) is 11.3. The standard InChI is InChI=1S/C26H20IN3O8/c1-3-36-23-13-17(11-20(27)24(23)37-14-16-4-7-19(8-5-16)29(32)33)12-21-26(31)38-25(28-21)18-6-9-22(30(34)35)15(2)10-18/h4-13H,3,14H2,1-2H3/b21-12-. The van der Waals surface area contributed by atoms with Crippen molar-refractivity contribution in [3.63, 3.8) is 0 Å². The molecule has 1 aliphatic heterocycles. The Morgan fingerprint density at radius 1 is 1.03 bits per heavy atom. The first-order chi connectivity index (χ1) is 18.2. The van der Waals surface area contributed by atoms with Crippen LogP contribution in [0.3, 0.4) is 0 Å². The van der Waals surface area contributed by atoms with Crippen molar-refractivity contribution in [2.24, 2.45) is 4.99 Å². The zero-order chi connectivity index (χ0) is 27.4. The summed E-state index contributed by atoms with van der Waals surface area (Å²) in [6, 6.07) is 13.9. The van der Waals surface area contributed by atoms with Crippen LogP contribution in [0.5, 0.6) is 11.5 Å². The third kappa shape index (κ3) is 5.96. The lowest BCUT2D eigenvalue weighted by Crippen LogP contribution is -2.06. The molecule has 3 aromatic carbocycles. The molecule has 1 heterocycles. The molecule has 0 amide bonds. The summed E-state index contributed by atoms with van der Waals surface area (Å²) in [5, 5.41) is 21.9. The fourth-order valence-corrected chi connectivity index (χ4v) is 4.41. The quantitative estimate of drug-likeness (QED) is 0.0959. The van der Waals surface area contributed by atoms with E-state index in [1.807, 2.05) is 6.92 Å². The first kappa shape index (κ1) is 26.7. The minimum Gasteiger partial charge on any atom is -0.490 e. The Morgan fingerprint density at radius 2 is 1.76 bits per heavy atom. The summed E-state index contributed by atoms with van der Waals surface area (Å²) in [5.74, 6) is 0.353. The van der Waals surface area contributed by atoms with Gasteiger partial charge < -0.3 is 14.2 Å². The van der Waals surface area contributed by atoms with Gasteiger partial charge in [-0.1, -0.05) is 0 Å². The predicted molar refractivity (Wildman–Crippen MR) is 146 cm³/mol. The summed E-state index contributed by atoms with van der Waals surface area (Å²) < 4.78 is 17.8. The van der Waals surface area contributed by atoms with E-state index in [2.05, 4.69) is 27.6 Å². The Balaban J connectivity index is 1.58. The van der Waals surface area contributed by atoms with Crippen LogP contribution in [-0.4, -0.2) is 28.3 Å². The normalized spacial score (nSPS) is 13.7. The molecule has 1 aliphatic rings. The summed E-state index contributed by atoms with van der Waals surface area (Å²) >= 11 is 2.09. The van der Waals surface area contributed by atoms with E-state index in [4.69, 9.17) is 14.2 Å². The Hall–Kier alpha value is -4.33. The zero-order valence-corrected chi connectivity index (χ0v) is 22.3. The highest BCUT2D eigenvalue weighted by Crippen LogP contribution is 2.36. The Bertz CT molecular complexity index is 1500. The fourth-order valence-electron chi connectivity index (χ4n) is 3.63. The van der Waals surface area contributed by atoms with Crippen LogP contribution in [-0.2, 0) is 16.1 Å². The second-order valence-electron chi connectivity index (χ2n) is 8.07. The number of hydrogen-bond acceptors (Lipinski definition) is 9. The van der Waals surface area contributed by atoms with Crippen LogP contribution in [0.4, 0.5) is 11.4 Å². The number of esters is 1. The van der Waals surface area contributed by atoms with Crippen molar-refractivity contribution in [1.82, 2.24) is 0 Å². The van der Waals surface area contributed by atoms with Crippen LogP contribution in [0.1, 0.15) is 29.2 Å². The molecule has 3 aromatic rings. The van der Waals surface area contributed by atoms with Gasteiger partial charge in [0.15, 0.2) is 17.2 Å². The van der Waals surface area contributed by atoms with Crippen LogP contribution in [0, 0.1) is 30.7 Å². The van der Waals surface area contributed by atoms with E-state index < -0.39 is 15.8 Å². The summed E-state index contributed by atoms with van der Waals surface area (Å²) in [4.78, 5) is 37.8. The Kier molecular flexibility index (Phi) is 8.00. The van der Waals surface area contributed by atoms with Crippen molar-refractivity contribution in [3.05, 3.63) is 106 Å². The van der Waals surface area contributed by atoms with Gasteiger partial charge in [-0.25, -0.2) is 9.79 Å². The third-order valence-electron chi connectivity index (χ3n) is 5.43. The number of halogens is 1. The second kappa shape index (κ2) is 11.4. The predicted octanol–water partition coefficient (Wildman–Crippen LogP) is 5.74. The molecule has 194 valence electrons. The molecule has 0 unspecified atom stereocenters. The monoisotopic (exact) mass is 629 g/mol. The minimum absolute atomic E-state index is 0.00399. The van der Waals surface area contributed by atoms with Gasteiger partial charge in [0.25, 0.3) is 11.4 Å². The number of aliphatic imine (C=N–C) groups is 1. The fraction of sp³-hybridized carbons (Fsp3) is 0.154. The highest BCUT2D eigenvalue weighted by atomic mass is 127. The van der Waals surface area contributed by atoms with Gasteiger partial charge in [0.05, 0.1) is 20.0 Å². The van der Waals surface area contributed by atoms with Crippen molar-refractivity contribution >= 4 is 51.9 Å². The summed E-state index contributed by atoms with van der Waals surface area (Å²) in [7, 11) is 0. The number of non-ortho nitro benzene ring substituents is 1. The van der Waals surface area contributed by atoms with Crippen LogP contribution in [0.15, 0.2) is 65.3 Å². The number of rotatable bonds is 9. The van der Waals surface area contributed by atoms with Crippen molar-refractivity contribution in [2.45, 2.75) is 20.5 Å². The summed E-state index contributed by atoms with van der Waals surface area (Å²) in [6.45, 7) is 3.96. The van der Waals surface area contributed by atoms with E-state index >= 15 is 0 Å². The lowest BCUT2D eigenvalue weighted by atomic mass is 10.1. The van der Waals surface area contributed by atoms with Crippen LogP contribution in [0.2, 0.25) is 0 Å². The summed E-state index contributed by atoms with van der Waals surface area (Å²) in [6.07, 6.45) is 1.55. The Morgan fingerprint density at radius 3 is 2.39 bits per heavy atom. The van der Waals surface area contributed by atoms with Crippen molar-refractivity contribution in [3.8, 4) is 11.5 Å². The molecule has 0 radical (unpaired) electrons. The molecular weight excluding hydrogens is 609 g/mol. The number of aryl methyl sites for hydroxylation is 1. The molecule has 0 aromatic heterocycles. The molecule has 0 atom stereocenters. The maximum atomic E-state index is 12.5. The van der Waals surface area contributed by atoms with E-state index in [9.17, 15) is 25.0 Å². The molecule has 12 heteroatoms. The van der Waals surface area contributed by atoms with Crippen molar-refractivity contribution < 1.29 is 28.9 Å². The number of hydrogen-bond donors (Lipinski definition) is 0. The average Bonchev–Trinajstić information content (AvgIpc) is 3.23. The van der Waals surface area contributed by atoms with E-state index in [1.165, 1.54) is 24.3 Å². The largest absolute Gasteiger partial charge is 0.490 e. The average molecular weight is 629 g/mol. The van der Waals surface area contributed by atoms with E-state index in [1.54, 1.807) is 43.3 Å². The molecule has 0 saturated heterocycles. The maximum absolute atomic E-state index is 12.5. The van der Waals surface area contributed by atoms with Gasteiger partial charge in [0, 0.05) is 29.3 Å². The number of cyclic esters (lactones) is 1. The number of carbonyl (C=O) groups excluding carboxylic acids is 1. The topological polar surface area (TPSA) is 143 Å². The van der Waals surface area contributed by atoms with Crippen molar-refractivity contribution in [2.75, 3.05) is 6.61 Å². The van der Waals surface area contributed by atoms with Crippen LogP contribution >= 0.6 is 22.6 Å². The van der Waals surface area contributed by atoms with E-state index in [-0.39, 0.29) is 29.6 Å². The minimum atomic E-state index is -0.650. The van der Waals surface area contributed by atoms with Gasteiger partial charge in [-0.15, -0.1) is 0 Å². The second-order valence-corrected chi connectivity index (χ2v) is 9.23. The van der Waals surface area contributed by atoms with Crippen LogP contribution in [0.25, 0.3) is 6.08 Å². The number of nitro groups is 2. The lowest BCUT2D eigenvalue weighted by molar-refractivity contribution is -0.385. The smallest absolute Gasteiger partial charge is 0.363 e. The Labute approximate surface area is 230 Å². The van der Waals surface area contributed by atoms with Gasteiger partial charge in [-0.3, -0.25) is 20.2 Å². The molecule has 0 spiro atoms. The van der Waals surface area contributed by atoms with Crippen molar-refractivity contribution in [1.29, 1.82) is 0 Å². The van der Waals surface area contributed by atoms with Gasteiger partial charge in [0.2, 0.25) is 5.90 Å². The van der Waals surface area contributed by atoms with E-state index in [0.717, 1.165) is 5.56 Å². The molecule has 4 rings (SSSR count). The number of benzene rings is 3. The third-order valence-corrected chi connectivity index (χ3v) is 6.23. The van der Waals surface area contributed by atoms with E-state index in [0.29, 0.717) is 38.4 Å². The summed E-state index contributed by atoms with van der Waals surface area (Å²) in [5.41, 5.74) is 2.26. The number of nitrogens with zero attached hydrogens (tertiary/aromatic N) is 3. The molecule has 38 heavy (non-hydrogen) atoms. The SMILES string of the molecule is CCOc1cc(/C=C2\N=C(c3ccc([N+](=O)[O-])c(C)c3)OC2=O)cc(I)c1OCc1ccc([N+](=O)[O-])cc1. The molecule has 0 saturated carbocycles. The number of carbonyl (C=O) groups is 1. The van der Waals surface area contributed by atoms with Gasteiger partial charge in [0.1, 0.15) is 6.61 Å². The molecule has 0 fully saturated rings. The van der Waals surface area contributed by atoms with Gasteiger partial charge >= 0.3 is 5.97 Å². The number of ether oxygens (including phenoxy) is 3. The zero-order valence-electron chi connectivity index (χ0n) is 20.2. The maximum Gasteiger partial charge on any atom is 0.363 e. The highest BCUT2D eigenvalue weighted by Gasteiger charge is 2.26. The molecule has 0 N–H and O–H groups in total. The molecule has 0 bridgehead atoms.